The van der Waals surface area contributed by atoms with Gasteiger partial charge in [-0.1, -0.05) is 12.7 Å². The van der Waals surface area contributed by atoms with Crippen LogP contribution in [0, 0.1) is 13.8 Å². The highest BCUT2D eigenvalue weighted by Crippen LogP contribution is 2.36. The van der Waals surface area contributed by atoms with Crippen LogP contribution in [0.3, 0.4) is 0 Å². The second-order valence-electron chi connectivity index (χ2n) is 4.16. The number of rotatable bonds is 4. The van der Waals surface area contributed by atoms with E-state index >= 15 is 0 Å². The van der Waals surface area contributed by atoms with Crippen LogP contribution >= 0.6 is 11.3 Å². The molecule has 0 aliphatic carbocycles. The molecule has 2 N–H and O–H groups in total. The van der Waals surface area contributed by atoms with Gasteiger partial charge in [0.25, 0.3) is 0 Å². The number of aromatic nitrogens is 2. The van der Waals surface area contributed by atoms with Crippen LogP contribution in [0.5, 0.6) is 0 Å². The molecule has 2 aromatic heterocycles. The molecule has 0 saturated carbocycles. The summed E-state index contributed by atoms with van der Waals surface area (Å²) in [4.78, 5) is 31.9. The van der Waals surface area contributed by atoms with Gasteiger partial charge < -0.3 is 9.84 Å². The highest BCUT2D eigenvalue weighted by molar-refractivity contribution is 7.21. The van der Waals surface area contributed by atoms with Crippen LogP contribution in [0.15, 0.2) is 12.7 Å². The molecule has 0 atom stereocenters. The minimum atomic E-state index is -1.14. The molecule has 21 heavy (non-hydrogen) atoms. The van der Waals surface area contributed by atoms with E-state index in [0.29, 0.717) is 21.7 Å². The van der Waals surface area contributed by atoms with Gasteiger partial charge in [-0.05, 0) is 13.8 Å². The average Bonchev–Trinajstić information content (AvgIpc) is 2.75. The first-order valence-corrected chi connectivity index (χ1v) is 6.81. The van der Waals surface area contributed by atoms with Gasteiger partial charge in [0, 0.05) is 0 Å². The number of nitrogens with one attached hydrogen (secondary N) is 1. The Morgan fingerprint density at radius 3 is 2.76 bits per heavy atom. The first kappa shape index (κ1) is 14.9. The Labute approximate surface area is 124 Å². The summed E-state index contributed by atoms with van der Waals surface area (Å²) < 4.78 is 4.81. The summed E-state index contributed by atoms with van der Waals surface area (Å²) in [6.45, 7) is 6.92. The molecule has 2 heterocycles. The Bertz CT molecular complexity index is 739. The summed E-state index contributed by atoms with van der Waals surface area (Å²) in [5.74, 6) is -0.604. The molecule has 0 aliphatic heterocycles. The van der Waals surface area contributed by atoms with Crippen LogP contribution < -0.4 is 5.32 Å². The maximum absolute atomic E-state index is 11.7. The van der Waals surface area contributed by atoms with Gasteiger partial charge in [0.2, 0.25) is 0 Å². The zero-order chi connectivity index (χ0) is 15.6. The smallest absolute Gasteiger partial charge is 0.412 e. The van der Waals surface area contributed by atoms with Crippen molar-refractivity contribution in [2.24, 2.45) is 0 Å². The third kappa shape index (κ3) is 3.00. The second kappa shape index (κ2) is 5.88. The number of carbonyl (C=O) groups is 2. The molecule has 0 aliphatic rings. The number of fused-ring (bicyclic) bond motifs is 1. The number of carboxylic acid groups (broad SMARTS) is 1. The van der Waals surface area contributed by atoms with Gasteiger partial charge in [-0.2, -0.15) is 0 Å². The fraction of sp³-hybridized carbons (Fsp3) is 0.231. The second-order valence-corrected chi connectivity index (χ2v) is 5.16. The summed E-state index contributed by atoms with van der Waals surface area (Å²) in [6, 6.07) is 0. The van der Waals surface area contributed by atoms with Gasteiger partial charge in [-0.3, -0.25) is 5.32 Å². The van der Waals surface area contributed by atoms with Gasteiger partial charge in [0.1, 0.15) is 22.1 Å². The van der Waals surface area contributed by atoms with Crippen molar-refractivity contribution < 1.29 is 19.4 Å². The van der Waals surface area contributed by atoms with E-state index in [0.717, 1.165) is 11.3 Å². The summed E-state index contributed by atoms with van der Waals surface area (Å²) in [5.41, 5.74) is 0.759. The van der Waals surface area contributed by atoms with Crippen molar-refractivity contribution in [1.29, 1.82) is 0 Å². The van der Waals surface area contributed by atoms with Gasteiger partial charge in [0.15, 0.2) is 0 Å². The number of aromatic carboxylic acids is 1. The van der Waals surface area contributed by atoms with Gasteiger partial charge in [0.05, 0.1) is 16.8 Å². The van der Waals surface area contributed by atoms with Crippen LogP contribution in [0.1, 0.15) is 21.2 Å². The molecule has 7 nitrogen and oxygen atoms in total. The lowest BCUT2D eigenvalue weighted by Gasteiger charge is -2.06. The normalized spacial score (nSPS) is 10.4. The number of aryl methyl sites for hydroxylation is 2. The standard InChI is InChI=1S/C13H13N3O4S/c1-4-5-20-13(19)16-9-8-6(2)14-7(3)15-11(8)21-10(9)12(17)18/h4H,1,5H2,2-3H3,(H,16,19)(H,17,18). The quantitative estimate of drug-likeness (QED) is 0.842. The van der Waals surface area contributed by atoms with Crippen molar-refractivity contribution >= 4 is 39.3 Å². The predicted octanol–water partition coefficient (Wildman–Crippen LogP) is 2.74. The van der Waals surface area contributed by atoms with Gasteiger partial charge in [-0.25, -0.2) is 19.6 Å². The SMILES string of the molecule is C=CCOC(=O)Nc1c(C(=O)O)sc2nc(C)nc(C)c12. The Morgan fingerprint density at radius 1 is 1.43 bits per heavy atom. The number of nitrogens with zero attached hydrogens (tertiary/aromatic N) is 2. The highest BCUT2D eigenvalue weighted by atomic mass is 32.1. The van der Waals surface area contributed by atoms with Crippen molar-refractivity contribution in [1.82, 2.24) is 9.97 Å². The molecule has 8 heteroatoms. The van der Waals surface area contributed by atoms with E-state index < -0.39 is 12.1 Å². The maximum atomic E-state index is 11.7. The number of anilines is 1. The summed E-state index contributed by atoms with van der Waals surface area (Å²) in [6.07, 6.45) is 0.665. The van der Waals surface area contributed by atoms with E-state index in [4.69, 9.17) is 4.74 Å². The Morgan fingerprint density at radius 2 is 2.14 bits per heavy atom. The predicted molar refractivity (Wildman–Crippen MR) is 79.0 cm³/mol. The molecule has 0 spiro atoms. The highest BCUT2D eigenvalue weighted by Gasteiger charge is 2.23. The lowest BCUT2D eigenvalue weighted by Crippen LogP contribution is -2.15. The topological polar surface area (TPSA) is 101 Å². The first-order chi connectivity index (χ1) is 9.93. The monoisotopic (exact) mass is 307 g/mol. The molecule has 2 aromatic rings. The van der Waals surface area contributed by atoms with Crippen LogP contribution in [-0.2, 0) is 4.74 Å². The van der Waals surface area contributed by atoms with Crippen molar-refractivity contribution in [3.05, 3.63) is 29.1 Å². The molecular weight excluding hydrogens is 294 g/mol. The molecule has 0 radical (unpaired) electrons. The Balaban J connectivity index is 2.53. The van der Waals surface area contributed by atoms with Crippen LogP contribution in [0.25, 0.3) is 10.2 Å². The zero-order valence-electron chi connectivity index (χ0n) is 11.5. The summed E-state index contributed by atoms with van der Waals surface area (Å²) in [5, 5.41) is 12.2. The molecule has 0 unspecified atom stereocenters. The van der Waals surface area contributed by atoms with E-state index in [-0.39, 0.29) is 17.2 Å². The minimum absolute atomic E-state index is 0.0106. The number of carbonyl (C=O) groups excluding carboxylic acids is 1. The van der Waals surface area contributed by atoms with Crippen molar-refractivity contribution in [2.75, 3.05) is 11.9 Å². The van der Waals surface area contributed by atoms with E-state index in [1.807, 2.05) is 0 Å². The van der Waals surface area contributed by atoms with Crippen LogP contribution in [0.2, 0.25) is 0 Å². The molecule has 0 fully saturated rings. The zero-order valence-corrected chi connectivity index (χ0v) is 12.3. The first-order valence-electron chi connectivity index (χ1n) is 5.99. The minimum Gasteiger partial charge on any atom is -0.477 e. The van der Waals surface area contributed by atoms with Crippen molar-refractivity contribution in [3.8, 4) is 0 Å². The average molecular weight is 307 g/mol. The van der Waals surface area contributed by atoms with E-state index in [1.165, 1.54) is 6.08 Å². The van der Waals surface area contributed by atoms with Gasteiger partial charge >= 0.3 is 12.1 Å². The van der Waals surface area contributed by atoms with E-state index in [9.17, 15) is 14.7 Å². The number of hydrogen-bond acceptors (Lipinski definition) is 6. The summed E-state index contributed by atoms with van der Waals surface area (Å²) in [7, 11) is 0. The molecular formula is C13H13N3O4S. The Kier molecular flexibility index (Phi) is 4.18. The van der Waals surface area contributed by atoms with Crippen molar-refractivity contribution in [2.45, 2.75) is 13.8 Å². The number of thiophene rings is 1. The lowest BCUT2D eigenvalue weighted by molar-refractivity contribution is 0.0703. The molecule has 2 rings (SSSR count). The largest absolute Gasteiger partial charge is 0.477 e. The lowest BCUT2D eigenvalue weighted by atomic mass is 10.2. The fourth-order valence-corrected chi connectivity index (χ4v) is 2.91. The molecule has 0 bridgehead atoms. The molecule has 1 amide bonds. The fourth-order valence-electron chi connectivity index (χ4n) is 1.85. The van der Waals surface area contributed by atoms with Crippen molar-refractivity contribution in [3.63, 3.8) is 0 Å². The number of amides is 1. The van der Waals surface area contributed by atoms with Crippen LogP contribution in [0.4, 0.5) is 10.5 Å². The molecule has 0 aromatic carbocycles. The number of carboxylic acids is 1. The molecule has 110 valence electrons. The van der Waals surface area contributed by atoms with Crippen LogP contribution in [-0.4, -0.2) is 33.7 Å². The Hall–Kier alpha value is -2.48. The van der Waals surface area contributed by atoms with E-state index in [2.05, 4.69) is 21.9 Å². The number of hydrogen-bond donors (Lipinski definition) is 2. The third-order valence-corrected chi connectivity index (χ3v) is 3.67. The van der Waals surface area contributed by atoms with Gasteiger partial charge in [-0.15, -0.1) is 11.3 Å². The maximum Gasteiger partial charge on any atom is 0.412 e. The summed E-state index contributed by atoms with van der Waals surface area (Å²) >= 11 is 0.985. The third-order valence-electron chi connectivity index (χ3n) is 2.60. The van der Waals surface area contributed by atoms with E-state index in [1.54, 1.807) is 13.8 Å². The number of ether oxygens (including phenoxy) is 1. The molecule has 0 saturated heterocycles.